The summed E-state index contributed by atoms with van der Waals surface area (Å²) >= 11 is 5.38. The quantitative estimate of drug-likeness (QED) is 0.824. The maximum atomic E-state index is 3.47. The van der Waals surface area contributed by atoms with Crippen LogP contribution in [-0.4, -0.2) is 18.8 Å². The largest absolute Gasteiger partial charge is 0.317 e. The molecule has 0 aliphatic heterocycles. The first-order chi connectivity index (χ1) is 6.72. The molecule has 0 radical (unpaired) electrons. The molecule has 0 aliphatic carbocycles. The van der Waals surface area contributed by atoms with E-state index < -0.39 is 0 Å². The van der Waals surface area contributed by atoms with Crippen molar-refractivity contribution in [2.75, 3.05) is 12.8 Å². The van der Waals surface area contributed by atoms with Crippen molar-refractivity contribution in [1.29, 1.82) is 0 Å². The van der Waals surface area contributed by atoms with Crippen molar-refractivity contribution >= 4 is 27.7 Å². The topological polar surface area (TPSA) is 12.0 Å². The molecule has 3 heteroatoms. The van der Waals surface area contributed by atoms with E-state index in [1.807, 2.05) is 18.8 Å². The summed E-state index contributed by atoms with van der Waals surface area (Å²) in [5.41, 5.74) is 0. The lowest BCUT2D eigenvalue weighted by atomic mass is 10.3. The van der Waals surface area contributed by atoms with Crippen molar-refractivity contribution in [3.05, 3.63) is 28.7 Å². The molecule has 0 aliphatic rings. The normalized spacial score (nSPS) is 12.8. The summed E-state index contributed by atoms with van der Waals surface area (Å²) in [6.45, 7) is 2.21. The summed E-state index contributed by atoms with van der Waals surface area (Å²) in [6, 6.07) is 9.05. The summed E-state index contributed by atoms with van der Waals surface area (Å²) in [4.78, 5) is 1.34. The Labute approximate surface area is 98.8 Å². The van der Waals surface area contributed by atoms with Crippen molar-refractivity contribution in [3.8, 4) is 0 Å². The number of hydrogen-bond acceptors (Lipinski definition) is 2. The highest BCUT2D eigenvalue weighted by Crippen LogP contribution is 2.22. The van der Waals surface area contributed by atoms with E-state index in [1.165, 1.54) is 17.1 Å². The number of nitrogens with one attached hydrogen (secondary N) is 1. The van der Waals surface area contributed by atoms with Crippen molar-refractivity contribution in [2.24, 2.45) is 0 Å². The van der Waals surface area contributed by atoms with E-state index in [0.717, 1.165) is 4.47 Å². The average Bonchev–Trinajstić information content (AvgIpc) is 2.17. The molecule has 14 heavy (non-hydrogen) atoms. The van der Waals surface area contributed by atoms with Crippen molar-refractivity contribution in [1.82, 2.24) is 5.32 Å². The molecule has 0 amide bonds. The van der Waals surface area contributed by atoms with Gasteiger partial charge in [-0.15, -0.1) is 11.8 Å². The Morgan fingerprint density at radius 3 is 2.93 bits per heavy atom. The second kappa shape index (κ2) is 6.49. The van der Waals surface area contributed by atoms with E-state index in [2.05, 4.69) is 52.4 Å². The van der Waals surface area contributed by atoms with Gasteiger partial charge in [0.05, 0.1) is 0 Å². The molecule has 1 N–H and O–H groups in total. The van der Waals surface area contributed by atoms with Crippen LogP contribution >= 0.6 is 27.7 Å². The Hall–Kier alpha value is 0.01000. The van der Waals surface area contributed by atoms with E-state index in [4.69, 9.17) is 0 Å². The molecule has 0 heterocycles. The Morgan fingerprint density at radius 2 is 2.29 bits per heavy atom. The number of benzene rings is 1. The molecular weight excluding hydrogens is 258 g/mol. The first kappa shape index (κ1) is 12.1. The van der Waals surface area contributed by atoms with Gasteiger partial charge in [-0.3, -0.25) is 0 Å². The van der Waals surface area contributed by atoms with Gasteiger partial charge >= 0.3 is 0 Å². The van der Waals surface area contributed by atoms with Crippen LogP contribution in [0.15, 0.2) is 33.6 Å². The van der Waals surface area contributed by atoms with Gasteiger partial charge in [0.1, 0.15) is 0 Å². The molecule has 1 rings (SSSR count). The number of hydrogen-bond donors (Lipinski definition) is 1. The van der Waals surface area contributed by atoms with Gasteiger partial charge in [0.25, 0.3) is 0 Å². The molecule has 0 saturated heterocycles. The molecule has 0 spiro atoms. The number of halogens is 1. The van der Waals surface area contributed by atoms with Crippen molar-refractivity contribution < 1.29 is 0 Å². The van der Waals surface area contributed by atoms with Crippen LogP contribution in [0.4, 0.5) is 0 Å². The molecule has 78 valence electrons. The van der Waals surface area contributed by atoms with Crippen LogP contribution in [0.25, 0.3) is 0 Å². The Bertz CT molecular complexity index is 278. The molecule has 0 fully saturated rings. The minimum Gasteiger partial charge on any atom is -0.317 e. The molecule has 0 saturated carbocycles. The maximum Gasteiger partial charge on any atom is 0.0186 e. The second-order valence-corrected chi connectivity index (χ2v) is 5.37. The lowest BCUT2D eigenvalue weighted by molar-refractivity contribution is 0.598. The fourth-order valence-electron chi connectivity index (χ4n) is 1.05. The summed E-state index contributed by atoms with van der Waals surface area (Å²) in [5, 5.41) is 3.24. The van der Waals surface area contributed by atoms with E-state index >= 15 is 0 Å². The smallest absolute Gasteiger partial charge is 0.0186 e. The Morgan fingerprint density at radius 1 is 1.50 bits per heavy atom. The van der Waals surface area contributed by atoms with Gasteiger partial charge in [0.2, 0.25) is 0 Å². The van der Waals surface area contributed by atoms with Gasteiger partial charge in [-0.2, -0.15) is 0 Å². The highest BCUT2D eigenvalue weighted by atomic mass is 79.9. The van der Waals surface area contributed by atoms with Crippen LogP contribution in [0.3, 0.4) is 0 Å². The Balaban J connectivity index is 2.31. The molecule has 1 atom stereocenters. The molecule has 0 bridgehead atoms. The fraction of sp³-hybridized carbons (Fsp3) is 0.455. The fourth-order valence-corrected chi connectivity index (χ4v) is 2.70. The highest BCUT2D eigenvalue weighted by Gasteiger charge is 1.99. The highest BCUT2D eigenvalue weighted by molar-refractivity contribution is 9.10. The lowest BCUT2D eigenvalue weighted by Gasteiger charge is -2.09. The lowest BCUT2D eigenvalue weighted by Crippen LogP contribution is -2.21. The van der Waals surface area contributed by atoms with Gasteiger partial charge < -0.3 is 5.32 Å². The summed E-state index contributed by atoms with van der Waals surface area (Å²) in [6.07, 6.45) is 1.20. The third-order valence-corrected chi connectivity index (χ3v) is 3.63. The van der Waals surface area contributed by atoms with Crippen LogP contribution in [0.5, 0.6) is 0 Å². The monoisotopic (exact) mass is 273 g/mol. The van der Waals surface area contributed by atoms with Crippen molar-refractivity contribution in [2.45, 2.75) is 24.3 Å². The van der Waals surface area contributed by atoms with Crippen molar-refractivity contribution in [3.63, 3.8) is 0 Å². The van der Waals surface area contributed by atoms with E-state index in [-0.39, 0.29) is 0 Å². The Kier molecular flexibility index (Phi) is 5.60. The molecular formula is C11H16BrNS. The molecule has 1 nitrogen and oxygen atoms in total. The second-order valence-electron chi connectivity index (χ2n) is 3.28. The van der Waals surface area contributed by atoms with Gasteiger partial charge in [0, 0.05) is 15.4 Å². The molecule has 0 aromatic heterocycles. The number of rotatable bonds is 5. The maximum absolute atomic E-state index is 3.47. The van der Waals surface area contributed by atoms with E-state index in [0.29, 0.717) is 6.04 Å². The van der Waals surface area contributed by atoms with Crippen LogP contribution in [0.2, 0.25) is 0 Å². The molecule has 1 aromatic rings. The third kappa shape index (κ3) is 4.49. The zero-order chi connectivity index (χ0) is 10.4. The van der Waals surface area contributed by atoms with Crippen LogP contribution in [0, 0.1) is 0 Å². The standard InChI is InChI=1S/C11H16BrNS/c1-9(13-2)6-7-14-11-5-3-4-10(12)8-11/h3-5,8-9,13H,6-7H2,1-2H3. The van der Waals surface area contributed by atoms with Crippen LogP contribution in [0.1, 0.15) is 13.3 Å². The van der Waals surface area contributed by atoms with E-state index in [9.17, 15) is 0 Å². The zero-order valence-corrected chi connectivity index (χ0v) is 11.0. The summed E-state index contributed by atoms with van der Waals surface area (Å²) < 4.78 is 1.16. The number of thioether (sulfide) groups is 1. The van der Waals surface area contributed by atoms with Gasteiger partial charge in [-0.05, 0) is 44.3 Å². The van der Waals surface area contributed by atoms with Crippen LogP contribution in [-0.2, 0) is 0 Å². The SMILES string of the molecule is CNC(C)CCSc1cccc(Br)c1. The molecule has 1 unspecified atom stereocenters. The van der Waals surface area contributed by atoms with E-state index in [1.54, 1.807) is 0 Å². The zero-order valence-electron chi connectivity index (χ0n) is 8.59. The third-order valence-electron chi connectivity index (χ3n) is 2.11. The summed E-state index contributed by atoms with van der Waals surface area (Å²) in [7, 11) is 2.01. The minimum atomic E-state index is 0.606. The van der Waals surface area contributed by atoms with Gasteiger partial charge in [-0.1, -0.05) is 22.0 Å². The predicted octanol–water partition coefficient (Wildman–Crippen LogP) is 3.54. The molecule has 1 aromatic carbocycles. The first-order valence-electron chi connectivity index (χ1n) is 4.78. The first-order valence-corrected chi connectivity index (χ1v) is 6.56. The minimum absolute atomic E-state index is 0.606. The average molecular weight is 274 g/mol. The van der Waals surface area contributed by atoms with Crippen LogP contribution < -0.4 is 5.32 Å². The predicted molar refractivity (Wildman–Crippen MR) is 68.0 cm³/mol. The summed E-state index contributed by atoms with van der Waals surface area (Å²) in [5.74, 6) is 1.17. The van der Waals surface area contributed by atoms with Gasteiger partial charge in [-0.25, -0.2) is 0 Å². The van der Waals surface area contributed by atoms with Gasteiger partial charge in [0.15, 0.2) is 0 Å².